The van der Waals surface area contributed by atoms with E-state index in [9.17, 15) is 10.1 Å². The van der Waals surface area contributed by atoms with Gasteiger partial charge in [-0.05, 0) is 46.7 Å². The van der Waals surface area contributed by atoms with Crippen molar-refractivity contribution in [1.29, 1.82) is 5.26 Å². The Kier molecular flexibility index (Phi) is 7.05. The van der Waals surface area contributed by atoms with Gasteiger partial charge in [-0.15, -0.1) is 0 Å². The Morgan fingerprint density at radius 2 is 2.10 bits per heavy atom. The molecule has 10 heteroatoms. The molecule has 1 fully saturated rings. The molecule has 1 aliphatic rings. The highest BCUT2D eigenvalue weighted by Gasteiger charge is 2.25. The molecule has 2 aromatic rings. The highest BCUT2D eigenvalue weighted by molar-refractivity contribution is 5.85. The number of imidazole rings is 1. The molecule has 0 unspecified atom stereocenters. The summed E-state index contributed by atoms with van der Waals surface area (Å²) >= 11 is 0. The predicted molar refractivity (Wildman–Crippen MR) is 113 cm³/mol. The average Bonchev–Trinajstić information content (AvgIpc) is 3.34. The fraction of sp³-hybridized carbons (Fsp3) is 0.650. The number of hydrogen-bond acceptors (Lipinski definition) is 8. The summed E-state index contributed by atoms with van der Waals surface area (Å²) in [5.41, 5.74) is 3.94. The highest BCUT2D eigenvalue weighted by atomic mass is 16.6. The number of ether oxygens (including phenoxy) is 1. The second-order valence-corrected chi connectivity index (χ2v) is 8.22. The first-order chi connectivity index (χ1) is 14.4. The summed E-state index contributed by atoms with van der Waals surface area (Å²) in [7, 11) is 3.99. The number of anilines is 1. The lowest BCUT2D eigenvalue weighted by molar-refractivity contribution is 0.114. The molecule has 0 aliphatic heterocycles. The SMILES string of the molecule is CC(C)OC(=O)NN(CC1CCCC1)c1nc(C#N)nc2c1ncn2CCN(C)C. The second-order valence-electron chi connectivity index (χ2n) is 8.22. The maximum atomic E-state index is 12.4. The zero-order valence-electron chi connectivity index (χ0n) is 18.1. The van der Waals surface area contributed by atoms with Crippen LogP contribution in [-0.2, 0) is 11.3 Å². The normalized spacial score (nSPS) is 14.4. The molecule has 1 saturated carbocycles. The third-order valence-electron chi connectivity index (χ3n) is 5.07. The van der Waals surface area contributed by atoms with Gasteiger partial charge in [-0.1, -0.05) is 12.8 Å². The van der Waals surface area contributed by atoms with Crippen LogP contribution in [0.15, 0.2) is 6.33 Å². The summed E-state index contributed by atoms with van der Waals surface area (Å²) in [4.78, 5) is 27.7. The van der Waals surface area contributed by atoms with Crippen molar-refractivity contribution in [3.05, 3.63) is 12.2 Å². The van der Waals surface area contributed by atoms with Crippen molar-refractivity contribution in [3.8, 4) is 6.07 Å². The number of likely N-dealkylation sites (N-methyl/N-ethyl adjacent to an activating group) is 1. The minimum atomic E-state index is -0.555. The molecule has 3 rings (SSSR count). The number of hydrogen-bond donors (Lipinski definition) is 1. The molecule has 2 heterocycles. The molecule has 10 nitrogen and oxygen atoms in total. The van der Waals surface area contributed by atoms with Crippen LogP contribution in [-0.4, -0.2) is 63.8 Å². The number of carbonyl (C=O) groups is 1. The summed E-state index contributed by atoms with van der Waals surface area (Å²) in [6.45, 7) is 5.65. The van der Waals surface area contributed by atoms with Crippen molar-refractivity contribution < 1.29 is 9.53 Å². The van der Waals surface area contributed by atoms with E-state index in [-0.39, 0.29) is 11.9 Å². The van der Waals surface area contributed by atoms with Crippen LogP contribution in [0, 0.1) is 17.2 Å². The van der Waals surface area contributed by atoms with Crippen LogP contribution in [0.5, 0.6) is 0 Å². The monoisotopic (exact) mass is 414 g/mol. The van der Waals surface area contributed by atoms with Crippen LogP contribution < -0.4 is 10.4 Å². The maximum absolute atomic E-state index is 12.4. The van der Waals surface area contributed by atoms with Gasteiger partial charge >= 0.3 is 6.09 Å². The zero-order valence-corrected chi connectivity index (χ0v) is 18.1. The van der Waals surface area contributed by atoms with Gasteiger partial charge in [0.25, 0.3) is 0 Å². The van der Waals surface area contributed by atoms with Gasteiger partial charge < -0.3 is 14.2 Å². The number of amides is 1. The number of nitriles is 1. The molecular weight excluding hydrogens is 384 g/mol. The average molecular weight is 415 g/mol. The van der Waals surface area contributed by atoms with Crippen LogP contribution >= 0.6 is 0 Å². The van der Waals surface area contributed by atoms with Crippen LogP contribution in [0.4, 0.5) is 10.6 Å². The van der Waals surface area contributed by atoms with Crippen molar-refractivity contribution in [2.24, 2.45) is 5.92 Å². The van der Waals surface area contributed by atoms with E-state index in [1.807, 2.05) is 24.7 Å². The molecule has 0 saturated heterocycles. The van der Waals surface area contributed by atoms with Crippen molar-refractivity contribution >= 4 is 23.1 Å². The van der Waals surface area contributed by atoms with Crippen molar-refractivity contribution in [3.63, 3.8) is 0 Å². The Hall–Kier alpha value is -2.93. The minimum Gasteiger partial charge on any atom is -0.446 e. The fourth-order valence-corrected chi connectivity index (χ4v) is 3.63. The number of fused-ring (bicyclic) bond motifs is 1. The van der Waals surface area contributed by atoms with Crippen molar-refractivity contribution in [2.75, 3.05) is 32.2 Å². The number of nitrogens with one attached hydrogen (secondary N) is 1. The van der Waals surface area contributed by atoms with E-state index >= 15 is 0 Å². The number of rotatable bonds is 8. The summed E-state index contributed by atoms with van der Waals surface area (Å²) in [5.74, 6) is 0.892. The van der Waals surface area contributed by atoms with E-state index < -0.39 is 6.09 Å². The van der Waals surface area contributed by atoms with Crippen molar-refractivity contribution in [1.82, 2.24) is 29.8 Å². The van der Waals surface area contributed by atoms with E-state index in [1.54, 1.807) is 25.2 Å². The number of carbonyl (C=O) groups excluding carboxylic acids is 1. The Bertz CT molecular complexity index is 911. The van der Waals surface area contributed by atoms with Gasteiger partial charge in [-0.25, -0.2) is 15.2 Å². The van der Waals surface area contributed by atoms with E-state index in [4.69, 9.17) is 4.74 Å². The lowest BCUT2D eigenvalue weighted by Crippen LogP contribution is -2.46. The number of hydrazine groups is 1. The maximum Gasteiger partial charge on any atom is 0.426 e. The largest absolute Gasteiger partial charge is 0.446 e. The molecule has 0 aromatic carbocycles. The van der Waals surface area contributed by atoms with Crippen molar-refractivity contribution in [2.45, 2.75) is 52.2 Å². The highest BCUT2D eigenvalue weighted by Crippen LogP contribution is 2.28. The number of aromatic nitrogens is 4. The van der Waals surface area contributed by atoms with Crippen LogP contribution in [0.25, 0.3) is 11.2 Å². The third-order valence-corrected chi connectivity index (χ3v) is 5.07. The predicted octanol–water partition coefficient (Wildman–Crippen LogP) is 2.31. The summed E-state index contributed by atoms with van der Waals surface area (Å²) < 4.78 is 7.18. The lowest BCUT2D eigenvalue weighted by atomic mass is 10.1. The van der Waals surface area contributed by atoms with Crippen LogP contribution in [0.3, 0.4) is 0 Å². The molecule has 0 spiro atoms. The molecule has 0 radical (unpaired) electrons. The lowest BCUT2D eigenvalue weighted by Gasteiger charge is -2.27. The molecular formula is C20H30N8O2. The zero-order chi connectivity index (χ0) is 21.7. The standard InChI is InChI=1S/C20H30N8O2/c1-14(2)30-20(29)25-28(12-15-7-5-6-8-15)19-17-18(23-16(11-21)24-19)27(13-22-17)10-9-26(3)4/h13-15H,5-10,12H2,1-4H3,(H,25,29). The quantitative estimate of drug-likeness (QED) is 0.655. The van der Waals surface area contributed by atoms with E-state index in [1.165, 1.54) is 12.8 Å². The van der Waals surface area contributed by atoms with Gasteiger partial charge in [0.05, 0.1) is 12.4 Å². The molecule has 30 heavy (non-hydrogen) atoms. The molecule has 0 atom stereocenters. The Morgan fingerprint density at radius 1 is 1.37 bits per heavy atom. The smallest absolute Gasteiger partial charge is 0.426 e. The second kappa shape index (κ2) is 9.71. The number of nitrogens with zero attached hydrogens (tertiary/aromatic N) is 7. The molecule has 1 N–H and O–H groups in total. The van der Waals surface area contributed by atoms with Crippen LogP contribution in [0.2, 0.25) is 0 Å². The molecule has 2 aromatic heterocycles. The first-order valence-electron chi connectivity index (χ1n) is 10.4. The van der Waals surface area contributed by atoms with Gasteiger partial charge in [0.1, 0.15) is 6.07 Å². The van der Waals surface area contributed by atoms with Crippen LogP contribution in [0.1, 0.15) is 45.4 Å². The van der Waals surface area contributed by atoms with E-state index in [0.717, 1.165) is 19.4 Å². The Labute approximate surface area is 176 Å². The molecule has 162 valence electrons. The first kappa shape index (κ1) is 21.8. The third kappa shape index (κ3) is 5.36. The fourth-order valence-electron chi connectivity index (χ4n) is 3.63. The minimum absolute atomic E-state index is 0.0413. The summed E-state index contributed by atoms with van der Waals surface area (Å²) in [6, 6.07) is 2.03. The first-order valence-corrected chi connectivity index (χ1v) is 10.4. The Balaban J connectivity index is 1.98. The molecule has 1 amide bonds. The van der Waals surface area contributed by atoms with Gasteiger partial charge in [0, 0.05) is 19.6 Å². The van der Waals surface area contributed by atoms with E-state index in [2.05, 4.69) is 25.3 Å². The Morgan fingerprint density at radius 3 is 2.73 bits per heavy atom. The van der Waals surface area contributed by atoms with Gasteiger partial charge in [-0.3, -0.25) is 5.01 Å². The molecule has 1 aliphatic carbocycles. The molecule has 0 bridgehead atoms. The summed E-state index contributed by atoms with van der Waals surface area (Å²) in [5, 5.41) is 11.2. The topological polar surface area (TPSA) is 112 Å². The van der Waals surface area contributed by atoms with Gasteiger partial charge in [0.15, 0.2) is 17.0 Å². The summed E-state index contributed by atoms with van der Waals surface area (Å²) in [6.07, 6.45) is 5.44. The van der Waals surface area contributed by atoms with Gasteiger partial charge in [-0.2, -0.15) is 15.2 Å². The van der Waals surface area contributed by atoms with E-state index in [0.29, 0.717) is 36.0 Å². The van der Waals surface area contributed by atoms with Gasteiger partial charge in [0.2, 0.25) is 5.82 Å².